The van der Waals surface area contributed by atoms with Gasteiger partial charge in [-0.25, -0.2) is 4.79 Å². The number of esters is 1. The third-order valence-electron chi connectivity index (χ3n) is 6.04. The van der Waals surface area contributed by atoms with Crippen LogP contribution >= 0.6 is 0 Å². The molecule has 28 heavy (non-hydrogen) atoms. The second-order valence-electron chi connectivity index (χ2n) is 7.62. The Labute approximate surface area is 163 Å². The lowest BCUT2D eigenvalue weighted by Crippen LogP contribution is -2.49. The van der Waals surface area contributed by atoms with Crippen LogP contribution in [0.2, 0.25) is 0 Å². The molecule has 1 aromatic heterocycles. The van der Waals surface area contributed by atoms with Crippen LogP contribution in [0.4, 0.5) is 4.79 Å². The lowest BCUT2D eigenvalue weighted by molar-refractivity contribution is -0.140. The number of carbonyl (C=O) groups excluding carboxylic acids is 3. The topological polar surface area (TPSA) is 82.7 Å². The zero-order valence-electron chi connectivity index (χ0n) is 16.3. The number of nitrogens with one attached hydrogen (secondary N) is 1. The third kappa shape index (κ3) is 2.68. The largest absolute Gasteiger partial charge is 0.469 e. The Hall–Kier alpha value is -2.83. The summed E-state index contributed by atoms with van der Waals surface area (Å²) >= 11 is 0. The van der Waals surface area contributed by atoms with Crippen molar-refractivity contribution in [3.05, 3.63) is 35.5 Å². The van der Waals surface area contributed by atoms with Gasteiger partial charge < -0.3 is 14.6 Å². The number of methoxy groups -OCH3 is 1. The zero-order chi connectivity index (χ0) is 19.9. The molecular formula is C21H25N3O4. The van der Waals surface area contributed by atoms with E-state index >= 15 is 0 Å². The van der Waals surface area contributed by atoms with Crippen molar-refractivity contribution in [3.63, 3.8) is 0 Å². The number of urea groups is 1. The molecule has 4 rings (SSSR count). The molecular weight excluding hydrogens is 358 g/mol. The maximum Gasteiger partial charge on any atom is 0.327 e. The van der Waals surface area contributed by atoms with Gasteiger partial charge >= 0.3 is 12.0 Å². The van der Waals surface area contributed by atoms with E-state index in [0.717, 1.165) is 35.0 Å². The van der Waals surface area contributed by atoms with E-state index in [1.807, 2.05) is 25.1 Å². The van der Waals surface area contributed by atoms with Crippen LogP contribution in [0.1, 0.15) is 43.9 Å². The number of rotatable bonds is 6. The first kappa shape index (κ1) is 18.5. The van der Waals surface area contributed by atoms with Gasteiger partial charge in [0.1, 0.15) is 0 Å². The van der Waals surface area contributed by atoms with E-state index < -0.39 is 5.54 Å². The summed E-state index contributed by atoms with van der Waals surface area (Å²) in [4.78, 5) is 43.9. The molecule has 1 saturated heterocycles. The molecule has 1 fully saturated rings. The number of carbonyl (C=O) groups is 3. The van der Waals surface area contributed by atoms with E-state index in [2.05, 4.69) is 15.8 Å². The lowest BCUT2D eigenvalue weighted by Gasteiger charge is -2.36. The smallest absolute Gasteiger partial charge is 0.327 e. The summed E-state index contributed by atoms with van der Waals surface area (Å²) in [7, 11) is 1.37. The number of imide groups is 1. The minimum Gasteiger partial charge on any atom is -0.469 e. The molecule has 0 radical (unpaired) electrons. The second-order valence-corrected chi connectivity index (χ2v) is 7.62. The fourth-order valence-electron chi connectivity index (χ4n) is 4.48. The van der Waals surface area contributed by atoms with Crippen LogP contribution < -0.4 is 0 Å². The molecule has 2 aliphatic heterocycles. The number of ether oxygens (including phenoxy) is 1. The quantitative estimate of drug-likeness (QED) is 0.472. The minimum atomic E-state index is -0.976. The number of hydrogen-bond donors (Lipinski definition) is 1. The summed E-state index contributed by atoms with van der Waals surface area (Å²) in [6, 6.07) is 7.80. The van der Waals surface area contributed by atoms with E-state index in [1.165, 1.54) is 12.0 Å². The van der Waals surface area contributed by atoms with Crippen molar-refractivity contribution in [2.24, 2.45) is 0 Å². The summed E-state index contributed by atoms with van der Waals surface area (Å²) in [5.74, 6) is -0.401. The first-order valence-electron chi connectivity index (χ1n) is 9.79. The first-order valence-corrected chi connectivity index (χ1v) is 9.79. The van der Waals surface area contributed by atoms with Crippen LogP contribution in [0.25, 0.3) is 10.9 Å². The maximum absolute atomic E-state index is 13.3. The van der Waals surface area contributed by atoms with Gasteiger partial charge in [0.15, 0.2) is 5.54 Å². The summed E-state index contributed by atoms with van der Waals surface area (Å²) in [5, 5.41) is 1.12. The molecule has 0 saturated carbocycles. The van der Waals surface area contributed by atoms with Gasteiger partial charge in [0.2, 0.25) is 0 Å². The number of hydrogen-bond acceptors (Lipinski definition) is 4. The number of unbranched alkanes of at least 4 members (excludes halogenated alkanes) is 2. The number of fused-ring (bicyclic) bond motifs is 5. The van der Waals surface area contributed by atoms with E-state index in [9.17, 15) is 14.4 Å². The highest BCUT2D eigenvalue weighted by molar-refractivity contribution is 6.08. The van der Waals surface area contributed by atoms with Crippen LogP contribution in [-0.4, -0.2) is 52.9 Å². The predicted octanol–water partition coefficient (Wildman–Crippen LogP) is 2.94. The molecule has 1 atom stereocenters. The highest BCUT2D eigenvalue weighted by Gasteiger charge is 2.58. The van der Waals surface area contributed by atoms with E-state index in [-0.39, 0.29) is 17.9 Å². The van der Waals surface area contributed by atoms with Gasteiger partial charge in [0.25, 0.3) is 5.91 Å². The number of aromatic amines is 1. The first-order chi connectivity index (χ1) is 13.5. The van der Waals surface area contributed by atoms with Crippen molar-refractivity contribution in [3.8, 4) is 0 Å². The Balaban J connectivity index is 1.53. The number of para-hydroxylation sites is 1. The van der Waals surface area contributed by atoms with Crippen molar-refractivity contribution in [1.82, 2.24) is 14.8 Å². The van der Waals surface area contributed by atoms with Crippen molar-refractivity contribution in [2.45, 2.75) is 44.6 Å². The number of nitrogens with zero attached hydrogens (tertiary/aromatic N) is 2. The molecule has 2 aromatic rings. The van der Waals surface area contributed by atoms with Crippen LogP contribution in [0, 0.1) is 0 Å². The average molecular weight is 383 g/mol. The van der Waals surface area contributed by atoms with Gasteiger partial charge in [-0.3, -0.25) is 14.5 Å². The lowest BCUT2D eigenvalue weighted by atomic mass is 9.87. The van der Waals surface area contributed by atoms with Crippen molar-refractivity contribution < 1.29 is 19.1 Å². The molecule has 3 heterocycles. The van der Waals surface area contributed by atoms with Crippen molar-refractivity contribution in [1.29, 1.82) is 0 Å². The van der Waals surface area contributed by atoms with Gasteiger partial charge in [-0.2, -0.15) is 0 Å². The van der Waals surface area contributed by atoms with Gasteiger partial charge in [-0.15, -0.1) is 0 Å². The Kier molecular flexibility index (Phi) is 4.61. The Morgan fingerprint density at radius 3 is 2.79 bits per heavy atom. The SMILES string of the molecule is COC(=O)CCCCCN1C(=O)N2CCc3c([nH]c4ccccc34)[C@@]2(C)C1=O. The van der Waals surface area contributed by atoms with Crippen molar-refractivity contribution in [2.75, 3.05) is 20.2 Å². The minimum absolute atomic E-state index is 0.169. The monoisotopic (exact) mass is 383 g/mol. The molecule has 1 aromatic carbocycles. The van der Waals surface area contributed by atoms with Gasteiger partial charge in [0, 0.05) is 30.4 Å². The van der Waals surface area contributed by atoms with Crippen LogP contribution in [-0.2, 0) is 26.3 Å². The highest BCUT2D eigenvalue weighted by atomic mass is 16.5. The van der Waals surface area contributed by atoms with Crippen molar-refractivity contribution >= 4 is 28.8 Å². The van der Waals surface area contributed by atoms with E-state index in [4.69, 9.17) is 0 Å². The number of amides is 3. The zero-order valence-corrected chi connectivity index (χ0v) is 16.3. The molecule has 0 spiro atoms. The average Bonchev–Trinajstić information content (AvgIpc) is 3.17. The summed E-state index contributed by atoms with van der Waals surface area (Å²) in [5.41, 5.74) is 1.99. The molecule has 0 aliphatic carbocycles. The Morgan fingerprint density at radius 1 is 1.21 bits per heavy atom. The highest BCUT2D eigenvalue weighted by Crippen LogP contribution is 2.43. The maximum atomic E-state index is 13.3. The number of benzene rings is 1. The van der Waals surface area contributed by atoms with Gasteiger partial charge in [0.05, 0.1) is 12.8 Å². The van der Waals surface area contributed by atoms with E-state index in [1.54, 1.807) is 4.90 Å². The van der Waals surface area contributed by atoms with E-state index in [0.29, 0.717) is 32.4 Å². The predicted molar refractivity (Wildman–Crippen MR) is 104 cm³/mol. The molecule has 7 heteroatoms. The fraction of sp³-hybridized carbons (Fsp3) is 0.476. The summed E-state index contributed by atoms with van der Waals surface area (Å²) < 4.78 is 4.63. The molecule has 2 aliphatic rings. The molecule has 148 valence electrons. The second kappa shape index (κ2) is 6.96. The molecule has 3 amide bonds. The molecule has 7 nitrogen and oxygen atoms in total. The van der Waals surface area contributed by atoms with Crippen LogP contribution in [0.5, 0.6) is 0 Å². The Morgan fingerprint density at radius 2 is 2.00 bits per heavy atom. The molecule has 0 unspecified atom stereocenters. The number of H-pyrrole nitrogens is 1. The van der Waals surface area contributed by atoms with Gasteiger partial charge in [-0.1, -0.05) is 24.6 Å². The Bertz CT molecular complexity index is 950. The van der Waals surface area contributed by atoms with Crippen LogP contribution in [0.15, 0.2) is 24.3 Å². The summed E-state index contributed by atoms with van der Waals surface area (Å²) in [6.07, 6.45) is 3.23. The third-order valence-corrected chi connectivity index (χ3v) is 6.04. The molecule has 1 N–H and O–H groups in total. The number of aromatic nitrogens is 1. The fourth-order valence-corrected chi connectivity index (χ4v) is 4.48. The normalized spacial score (nSPS) is 21.2. The van der Waals surface area contributed by atoms with Gasteiger partial charge in [-0.05, 0) is 37.8 Å². The summed E-state index contributed by atoms with van der Waals surface area (Å²) in [6.45, 7) is 2.76. The standard InChI is InChI=1S/C21H25N3O4/c1-21-18-15(14-8-5-6-9-16(14)22-18)11-13-24(21)20(27)23(19(21)26)12-7-3-4-10-17(25)28-2/h5-6,8-9,22H,3-4,7,10-13H2,1-2H3/t21-/m0/s1. The van der Waals surface area contributed by atoms with Crippen LogP contribution in [0.3, 0.4) is 0 Å². The molecule has 0 bridgehead atoms.